The molecule has 6 nitrogen and oxygen atoms in total. The Bertz CT molecular complexity index is 1230. The lowest BCUT2D eigenvalue weighted by atomic mass is 10.2. The molecule has 0 spiro atoms. The first-order chi connectivity index (χ1) is 13.9. The zero-order valence-corrected chi connectivity index (χ0v) is 18.3. The van der Waals surface area contributed by atoms with Gasteiger partial charge in [0.25, 0.3) is 0 Å². The Hall–Kier alpha value is -2.49. The van der Waals surface area contributed by atoms with Crippen LogP contribution in [0.3, 0.4) is 0 Å². The molecule has 0 aliphatic carbocycles. The number of rotatable bonds is 6. The maximum Gasteiger partial charge on any atom is 0.202 e. The molecule has 4 rings (SSSR count). The molecule has 9 heteroatoms. The summed E-state index contributed by atoms with van der Waals surface area (Å²) in [7, 11) is -3.56. The van der Waals surface area contributed by atoms with Gasteiger partial charge >= 0.3 is 0 Å². The van der Waals surface area contributed by atoms with E-state index >= 15 is 0 Å². The van der Waals surface area contributed by atoms with Gasteiger partial charge in [0.2, 0.25) is 5.16 Å². The average molecular weight is 443 g/mol. The van der Waals surface area contributed by atoms with Crippen LogP contribution in [0.1, 0.15) is 17.1 Å². The molecule has 0 atom stereocenters. The number of thiazole rings is 1. The summed E-state index contributed by atoms with van der Waals surface area (Å²) in [5.41, 5.74) is 2.75. The van der Waals surface area contributed by atoms with Crippen molar-refractivity contribution in [2.75, 3.05) is 0 Å². The van der Waals surface area contributed by atoms with Gasteiger partial charge in [-0.25, -0.2) is 13.4 Å². The first-order valence-electron chi connectivity index (χ1n) is 8.81. The largest absolute Gasteiger partial charge is 0.273 e. The molecule has 2 aromatic carbocycles. The van der Waals surface area contributed by atoms with Crippen LogP contribution in [0.2, 0.25) is 0 Å². The van der Waals surface area contributed by atoms with Gasteiger partial charge in [-0.15, -0.1) is 21.5 Å². The van der Waals surface area contributed by atoms with E-state index < -0.39 is 9.84 Å². The number of aromatic nitrogens is 4. The van der Waals surface area contributed by atoms with Crippen LogP contribution >= 0.6 is 23.1 Å². The van der Waals surface area contributed by atoms with E-state index in [0.29, 0.717) is 11.0 Å². The van der Waals surface area contributed by atoms with E-state index in [-0.39, 0.29) is 10.6 Å². The van der Waals surface area contributed by atoms with Gasteiger partial charge in [-0.1, -0.05) is 35.9 Å². The van der Waals surface area contributed by atoms with Crippen molar-refractivity contribution in [3.63, 3.8) is 0 Å². The summed E-state index contributed by atoms with van der Waals surface area (Å²) in [6.07, 6.45) is 0. The SMILES string of the molecule is Cc1ccc(S(=O)(=O)Cc2nnc(Sc3nc(C)cs3)n2-c2ccccc2)cc1. The Morgan fingerprint density at radius 1 is 1.00 bits per heavy atom. The summed E-state index contributed by atoms with van der Waals surface area (Å²) in [5, 5.41) is 11.0. The highest BCUT2D eigenvalue weighted by Crippen LogP contribution is 2.32. The van der Waals surface area contributed by atoms with Gasteiger partial charge in [-0.2, -0.15) is 0 Å². The lowest BCUT2D eigenvalue weighted by Crippen LogP contribution is -2.11. The molecule has 29 heavy (non-hydrogen) atoms. The molecule has 0 unspecified atom stereocenters. The minimum atomic E-state index is -3.56. The molecule has 0 aliphatic heterocycles. The predicted octanol–water partition coefficient (Wildman–Crippen LogP) is 4.47. The van der Waals surface area contributed by atoms with Gasteiger partial charge in [-0.05, 0) is 49.9 Å². The summed E-state index contributed by atoms with van der Waals surface area (Å²) in [5.74, 6) is 0.127. The first kappa shape index (κ1) is 19.8. The molecule has 0 saturated carbocycles. The topological polar surface area (TPSA) is 77.7 Å². The van der Waals surface area contributed by atoms with Gasteiger partial charge in [0.1, 0.15) is 5.75 Å². The summed E-state index contributed by atoms with van der Waals surface area (Å²) in [6.45, 7) is 3.86. The minimum Gasteiger partial charge on any atom is -0.273 e. The maximum atomic E-state index is 13.0. The highest BCUT2D eigenvalue weighted by molar-refractivity contribution is 8.00. The molecule has 0 N–H and O–H groups in total. The fourth-order valence-corrected chi connectivity index (χ4v) is 5.81. The second-order valence-electron chi connectivity index (χ2n) is 6.50. The van der Waals surface area contributed by atoms with Crippen LogP contribution in [0.5, 0.6) is 0 Å². The lowest BCUT2D eigenvalue weighted by molar-refractivity contribution is 0.593. The lowest BCUT2D eigenvalue weighted by Gasteiger charge is -2.10. The molecule has 2 heterocycles. The van der Waals surface area contributed by atoms with Crippen molar-refractivity contribution >= 4 is 32.9 Å². The van der Waals surface area contributed by atoms with Crippen LogP contribution in [0, 0.1) is 13.8 Å². The molecule has 0 fully saturated rings. The molecule has 0 amide bonds. The zero-order valence-electron chi connectivity index (χ0n) is 15.8. The van der Waals surface area contributed by atoms with Crippen LogP contribution in [-0.2, 0) is 15.6 Å². The third-order valence-electron chi connectivity index (χ3n) is 4.19. The second kappa shape index (κ2) is 8.10. The number of aryl methyl sites for hydroxylation is 2. The fourth-order valence-electron chi connectivity index (χ4n) is 2.75. The van der Waals surface area contributed by atoms with Crippen LogP contribution in [-0.4, -0.2) is 28.2 Å². The monoisotopic (exact) mass is 442 g/mol. The van der Waals surface area contributed by atoms with Crippen LogP contribution in [0.4, 0.5) is 0 Å². The maximum absolute atomic E-state index is 13.0. The highest BCUT2D eigenvalue weighted by Gasteiger charge is 2.23. The van der Waals surface area contributed by atoms with Crippen molar-refractivity contribution in [3.05, 3.63) is 77.1 Å². The quantitative estimate of drug-likeness (QED) is 0.439. The molecule has 148 valence electrons. The van der Waals surface area contributed by atoms with Crippen molar-refractivity contribution in [1.29, 1.82) is 0 Å². The Kier molecular flexibility index (Phi) is 5.53. The van der Waals surface area contributed by atoms with Gasteiger partial charge < -0.3 is 0 Å². The summed E-state index contributed by atoms with van der Waals surface area (Å²) >= 11 is 2.90. The van der Waals surface area contributed by atoms with E-state index in [1.807, 2.05) is 49.6 Å². The van der Waals surface area contributed by atoms with E-state index in [9.17, 15) is 8.42 Å². The van der Waals surface area contributed by atoms with Crippen molar-refractivity contribution < 1.29 is 8.42 Å². The summed E-state index contributed by atoms with van der Waals surface area (Å²) in [6, 6.07) is 16.4. The minimum absolute atomic E-state index is 0.241. The van der Waals surface area contributed by atoms with Crippen molar-refractivity contribution in [3.8, 4) is 5.69 Å². The number of hydrogen-bond donors (Lipinski definition) is 0. The Morgan fingerprint density at radius 2 is 1.72 bits per heavy atom. The first-order valence-corrected chi connectivity index (χ1v) is 12.2. The van der Waals surface area contributed by atoms with Gasteiger partial charge in [0.15, 0.2) is 20.0 Å². The molecule has 2 aromatic heterocycles. The Balaban J connectivity index is 1.74. The molecule has 0 bridgehead atoms. The predicted molar refractivity (Wildman–Crippen MR) is 114 cm³/mol. The molecular formula is C20H18N4O2S3. The summed E-state index contributed by atoms with van der Waals surface area (Å²) < 4.78 is 28.6. The van der Waals surface area contributed by atoms with Gasteiger partial charge in [0.05, 0.1) is 4.90 Å². The molecule has 0 radical (unpaired) electrons. The molecular weight excluding hydrogens is 424 g/mol. The van der Waals surface area contributed by atoms with Gasteiger partial charge in [0, 0.05) is 16.8 Å². The van der Waals surface area contributed by atoms with E-state index in [1.54, 1.807) is 28.8 Å². The Labute approximate surface area is 177 Å². The van der Waals surface area contributed by atoms with Crippen molar-refractivity contribution in [2.24, 2.45) is 0 Å². The number of hydrogen-bond acceptors (Lipinski definition) is 7. The third kappa shape index (κ3) is 4.42. The Morgan fingerprint density at radius 3 is 2.38 bits per heavy atom. The molecule has 4 aromatic rings. The van der Waals surface area contributed by atoms with Gasteiger partial charge in [-0.3, -0.25) is 4.57 Å². The van der Waals surface area contributed by atoms with Crippen LogP contribution < -0.4 is 0 Å². The van der Waals surface area contributed by atoms with Crippen molar-refractivity contribution in [1.82, 2.24) is 19.7 Å². The van der Waals surface area contributed by atoms with E-state index in [0.717, 1.165) is 21.3 Å². The number of benzene rings is 2. The van der Waals surface area contributed by atoms with Crippen LogP contribution in [0.15, 0.2) is 74.4 Å². The molecule has 0 aliphatic rings. The summed E-state index contributed by atoms with van der Waals surface area (Å²) in [4.78, 5) is 4.74. The molecule has 0 saturated heterocycles. The highest BCUT2D eigenvalue weighted by atomic mass is 32.2. The van der Waals surface area contributed by atoms with E-state index in [4.69, 9.17) is 0 Å². The van der Waals surface area contributed by atoms with E-state index in [2.05, 4.69) is 15.2 Å². The fraction of sp³-hybridized carbons (Fsp3) is 0.150. The van der Waals surface area contributed by atoms with Crippen molar-refractivity contribution in [2.45, 2.75) is 34.0 Å². The average Bonchev–Trinajstić information content (AvgIpc) is 3.28. The van der Waals surface area contributed by atoms with E-state index in [1.165, 1.54) is 23.1 Å². The number of nitrogens with zero attached hydrogens (tertiary/aromatic N) is 4. The smallest absolute Gasteiger partial charge is 0.202 e. The second-order valence-corrected chi connectivity index (χ2v) is 10.6. The normalized spacial score (nSPS) is 11.7. The zero-order chi connectivity index (χ0) is 20.4. The third-order valence-corrected chi connectivity index (χ3v) is 7.82. The number of sulfone groups is 1. The standard InChI is InChI=1S/C20H18N4O2S3/c1-14-8-10-17(11-9-14)29(25,26)13-18-22-23-19(28-20-21-15(2)12-27-20)24(18)16-6-4-3-5-7-16/h3-12H,13H2,1-2H3. The number of para-hydroxylation sites is 1. The van der Waals surface area contributed by atoms with Crippen LogP contribution in [0.25, 0.3) is 5.69 Å².